The normalized spacial score (nSPS) is 27.3. The molecule has 0 aromatic heterocycles. The molecule has 3 aliphatic rings. The van der Waals surface area contributed by atoms with Gasteiger partial charge in [-0.2, -0.15) is 0 Å². The average molecular weight is 377 g/mol. The molecule has 28 heavy (non-hydrogen) atoms. The summed E-state index contributed by atoms with van der Waals surface area (Å²) in [6, 6.07) is 16.1. The summed E-state index contributed by atoms with van der Waals surface area (Å²) in [6.45, 7) is 0.246. The lowest BCUT2D eigenvalue weighted by molar-refractivity contribution is -0.149. The molecule has 0 radical (unpaired) electrons. The number of benzene rings is 2. The van der Waals surface area contributed by atoms with Gasteiger partial charge in [-0.05, 0) is 53.9 Å². The van der Waals surface area contributed by atoms with Crippen LogP contribution in [0.1, 0.15) is 42.7 Å². The van der Waals surface area contributed by atoms with Crippen molar-refractivity contribution >= 4 is 12.1 Å². The molecular weight excluding hydrogens is 354 g/mol. The van der Waals surface area contributed by atoms with Gasteiger partial charge in [0.2, 0.25) is 0 Å². The Labute approximate surface area is 163 Å². The number of hydrogen-bond acceptors (Lipinski definition) is 3. The first-order valence-corrected chi connectivity index (χ1v) is 9.93. The summed E-state index contributed by atoms with van der Waals surface area (Å²) in [5, 5.41) is 12.6. The van der Waals surface area contributed by atoms with Gasteiger partial charge in [-0.1, -0.05) is 48.5 Å². The van der Waals surface area contributed by atoms with E-state index >= 15 is 0 Å². The molecule has 2 N–H and O–H groups in total. The molecule has 144 valence electrons. The van der Waals surface area contributed by atoms with Crippen molar-refractivity contribution in [3.05, 3.63) is 59.7 Å². The second-order valence-corrected chi connectivity index (χ2v) is 8.33. The van der Waals surface area contributed by atoms with Crippen molar-refractivity contribution in [3.63, 3.8) is 0 Å². The van der Waals surface area contributed by atoms with Gasteiger partial charge >= 0.3 is 12.1 Å². The van der Waals surface area contributed by atoms with Crippen LogP contribution in [0.2, 0.25) is 0 Å². The van der Waals surface area contributed by atoms with Gasteiger partial charge < -0.3 is 15.2 Å². The molecule has 0 spiro atoms. The Bertz CT molecular complexity index is 910. The van der Waals surface area contributed by atoms with Gasteiger partial charge in [0, 0.05) is 12.0 Å². The molecule has 1 amide bonds. The predicted octanol–water partition coefficient (Wildman–Crippen LogP) is 4.17. The fraction of sp³-hybridized carbons (Fsp3) is 0.391. The van der Waals surface area contributed by atoms with Crippen LogP contribution in [0, 0.1) is 11.3 Å². The summed E-state index contributed by atoms with van der Waals surface area (Å²) < 4.78 is 5.59. The van der Waals surface area contributed by atoms with Crippen molar-refractivity contribution in [2.45, 2.75) is 37.6 Å². The highest BCUT2D eigenvalue weighted by Gasteiger charge is 2.57. The first kappa shape index (κ1) is 17.3. The Morgan fingerprint density at radius 2 is 1.71 bits per heavy atom. The maximum absolute atomic E-state index is 12.5. The zero-order chi connectivity index (χ0) is 19.3. The quantitative estimate of drug-likeness (QED) is 0.839. The van der Waals surface area contributed by atoms with Crippen molar-refractivity contribution in [2.75, 3.05) is 6.61 Å². The van der Waals surface area contributed by atoms with Crippen LogP contribution in [0.4, 0.5) is 4.79 Å². The Hall–Kier alpha value is -2.82. The zero-order valence-corrected chi connectivity index (χ0v) is 15.6. The molecule has 2 saturated carbocycles. The van der Waals surface area contributed by atoms with Crippen LogP contribution in [0.25, 0.3) is 11.1 Å². The van der Waals surface area contributed by atoms with Gasteiger partial charge in [0.15, 0.2) is 0 Å². The van der Waals surface area contributed by atoms with Crippen molar-refractivity contribution in [3.8, 4) is 11.1 Å². The monoisotopic (exact) mass is 377 g/mol. The third-order valence-electron chi connectivity index (χ3n) is 6.95. The number of fused-ring (bicyclic) bond motifs is 5. The fourth-order valence-electron chi connectivity index (χ4n) is 5.58. The van der Waals surface area contributed by atoms with E-state index in [0.717, 1.165) is 12.8 Å². The molecule has 5 rings (SSSR count). The summed E-state index contributed by atoms with van der Waals surface area (Å²) >= 11 is 0. The minimum absolute atomic E-state index is 0.00612. The number of carbonyl (C=O) groups is 2. The maximum Gasteiger partial charge on any atom is 0.407 e. The third-order valence-corrected chi connectivity index (χ3v) is 6.95. The number of nitrogens with one attached hydrogen (secondary N) is 1. The lowest BCUT2D eigenvalue weighted by Crippen LogP contribution is -2.49. The molecule has 0 aliphatic heterocycles. The fourth-order valence-corrected chi connectivity index (χ4v) is 5.58. The predicted molar refractivity (Wildman–Crippen MR) is 104 cm³/mol. The zero-order valence-electron chi connectivity index (χ0n) is 15.6. The summed E-state index contributed by atoms with van der Waals surface area (Å²) in [7, 11) is 0. The van der Waals surface area contributed by atoms with Crippen LogP contribution >= 0.6 is 0 Å². The third kappa shape index (κ3) is 2.53. The molecule has 2 fully saturated rings. The lowest BCUT2D eigenvalue weighted by Gasteiger charge is -2.31. The first-order chi connectivity index (χ1) is 13.6. The van der Waals surface area contributed by atoms with Crippen LogP contribution < -0.4 is 5.32 Å². The molecular formula is C23H23NO4. The van der Waals surface area contributed by atoms with E-state index in [2.05, 4.69) is 29.6 Å². The van der Waals surface area contributed by atoms with Crippen LogP contribution in [0.3, 0.4) is 0 Å². The van der Waals surface area contributed by atoms with Crippen LogP contribution in [-0.4, -0.2) is 29.8 Å². The number of carboxylic acid groups (broad SMARTS) is 1. The summed E-state index contributed by atoms with van der Waals surface area (Å²) in [4.78, 5) is 24.3. The minimum atomic E-state index is -0.809. The highest BCUT2D eigenvalue weighted by molar-refractivity contribution is 5.80. The summed E-state index contributed by atoms with van der Waals surface area (Å²) in [5.74, 6) is -0.391. The van der Waals surface area contributed by atoms with Gasteiger partial charge in [0.05, 0.1) is 5.41 Å². The van der Waals surface area contributed by atoms with Gasteiger partial charge in [0.25, 0.3) is 0 Å². The highest BCUT2D eigenvalue weighted by Crippen LogP contribution is 2.54. The summed E-state index contributed by atoms with van der Waals surface area (Å²) in [6.07, 6.45) is 2.46. The molecule has 2 aromatic rings. The van der Waals surface area contributed by atoms with E-state index < -0.39 is 17.5 Å². The Morgan fingerprint density at radius 3 is 2.32 bits per heavy atom. The van der Waals surface area contributed by atoms with Crippen LogP contribution in [0.15, 0.2) is 48.5 Å². The van der Waals surface area contributed by atoms with Crippen molar-refractivity contribution in [1.82, 2.24) is 5.32 Å². The Kier molecular flexibility index (Phi) is 3.93. The molecule has 3 aliphatic carbocycles. The van der Waals surface area contributed by atoms with Crippen molar-refractivity contribution in [2.24, 2.45) is 11.3 Å². The second-order valence-electron chi connectivity index (χ2n) is 8.33. The molecule has 0 heterocycles. The Balaban J connectivity index is 1.29. The molecule has 2 bridgehead atoms. The number of amides is 1. The van der Waals surface area contributed by atoms with Gasteiger partial charge in [-0.3, -0.25) is 4.79 Å². The van der Waals surface area contributed by atoms with E-state index in [4.69, 9.17) is 4.74 Å². The number of carbonyl (C=O) groups excluding carboxylic acids is 1. The highest BCUT2D eigenvalue weighted by atomic mass is 16.5. The minimum Gasteiger partial charge on any atom is -0.481 e. The van der Waals surface area contributed by atoms with Gasteiger partial charge in [0.1, 0.15) is 6.61 Å². The Morgan fingerprint density at radius 1 is 1.07 bits per heavy atom. The number of carboxylic acids is 1. The van der Waals surface area contributed by atoms with E-state index in [1.54, 1.807) is 0 Å². The van der Waals surface area contributed by atoms with E-state index in [0.29, 0.717) is 18.8 Å². The molecule has 5 heteroatoms. The molecule has 5 nitrogen and oxygen atoms in total. The molecule has 3 atom stereocenters. The number of rotatable bonds is 4. The molecule has 3 unspecified atom stereocenters. The number of hydrogen-bond donors (Lipinski definition) is 2. The number of aliphatic carboxylic acids is 1. The van der Waals surface area contributed by atoms with Crippen LogP contribution in [-0.2, 0) is 9.53 Å². The lowest BCUT2D eigenvalue weighted by atomic mass is 9.80. The first-order valence-electron chi connectivity index (χ1n) is 9.93. The molecule has 0 saturated heterocycles. The van der Waals surface area contributed by atoms with E-state index in [-0.39, 0.29) is 18.6 Å². The topological polar surface area (TPSA) is 75.6 Å². The SMILES string of the molecule is O=C(NC1CC2CCC1(C(=O)O)C2)OCC1c2ccccc2-c2ccccc21. The molecule has 2 aromatic carbocycles. The average Bonchev–Trinajstić information content (AvgIpc) is 3.37. The van der Waals surface area contributed by atoms with Crippen molar-refractivity contribution < 1.29 is 19.4 Å². The van der Waals surface area contributed by atoms with Gasteiger partial charge in [-0.25, -0.2) is 4.79 Å². The second kappa shape index (κ2) is 6.36. The van der Waals surface area contributed by atoms with E-state index in [1.807, 2.05) is 24.3 Å². The van der Waals surface area contributed by atoms with Gasteiger partial charge in [-0.15, -0.1) is 0 Å². The standard InChI is InChI=1S/C23H23NO4/c25-21(26)23-10-9-14(12-23)11-20(23)24-22(27)28-13-19-17-7-3-1-5-15(17)16-6-2-4-8-18(16)19/h1-8,14,19-20H,9-13H2,(H,24,27)(H,25,26). The smallest absolute Gasteiger partial charge is 0.407 e. The van der Waals surface area contributed by atoms with E-state index in [1.165, 1.54) is 22.3 Å². The summed E-state index contributed by atoms with van der Waals surface area (Å²) in [5.41, 5.74) is 3.89. The maximum atomic E-state index is 12.5. The number of alkyl carbamates (subject to hydrolysis) is 1. The number of ether oxygens (including phenoxy) is 1. The van der Waals surface area contributed by atoms with E-state index in [9.17, 15) is 14.7 Å². The largest absolute Gasteiger partial charge is 0.481 e. The van der Waals surface area contributed by atoms with Crippen LogP contribution in [0.5, 0.6) is 0 Å². The van der Waals surface area contributed by atoms with Crippen molar-refractivity contribution in [1.29, 1.82) is 0 Å².